The van der Waals surface area contributed by atoms with E-state index in [1.807, 2.05) is 66.7 Å². The highest BCUT2D eigenvalue weighted by molar-refractivity contribution is 5.57. The predicted octanol–water partition coefficient (Wildman–Crippen LogP) is 4.07. The van der Waals surface area contributed by atoms with Crippen LogP contribution in [-0.4, -0.2) is 24.9 Å². The molecule has 2 aliphatic heterocycles. The number of benzene rings is 2. The van der Waals surface area contributed by atoms with Crippen molar-refractivity contribution < 1.29 is 18.9 Å². The maximum Gasteiger partial charge on any atom is 0.184 e. The van der Waals surface area contributed by atoms with Crippen LogP contribution in [-0.2, 0) is 18.9 Å². The molecule has 0 aromatic heterocycles. The lowest BCUT2D eigenvalue weighted by Gasteiger charge is -2.41. The lowest BCUT2D eigenvalue weighted by molar-refractivity contribution is -0.275. The molecule has 2 aliphatic rings. The van der Waals surface area contributed by atoms with Gasteiger partial charge in [0.1, 0.15) is 18.0 Å². The van der Waals surface area contributed by atoms with Gasteiger partial charge < -0.3 is 18.9 Å². The fourth-order valence-electron chi connectivity index (χ4n) is 3.03. The summed E-state index contributed by atoms with van der Waals surface area (Å²) in [5, 5.41) is 0. The Bertz CT molecular complexity index is 741. The topological polar surface area (TPSA) is 36.9 Å². The molecule has 0 spiro atoms. The minimum atomic E-state index is -0.423. The van der Waals surface area contributed by atoms with Crippen LogP contribution in [0.4, 0.5) is 0 Å². The first-order valence-electron chi connectivity index (χ1n) is 8.36. The van der Waals surface area contributed by atoms with Crippen LogP contribution < -0.4 is 0 Å². The summed E-state index contributed by atoms with van der Waals surface area (Å²) >= 11 is 0. The van der Waals surface area contributed by atoms with Gasteiger partial charge >= 0.3 is 0 Å². The van der Waals surface area contributed by atoms with Crippen LogP contribution in [0.2, 0.25) is 0 Å². The zero-order valence-electron chi connectivity index (χ0n) is 13.8. The first kappa shape index (κ1) is 15.9. The van der Waals surface area contributed by atoms with Gasteiger partial charge in [-0.2, -0.15) is 0 Å². The lowest BCUT2D eigenvalue weighted by atomic mass is 10.0. The molecular formula is C21H20O4. The number of fused-ring (bicyclic) bond motifs is 1. The number of ether oxygens (including phenoxy) is 4. The average molecular weight is 336 g/mol. The third-order valence-electron chi connectivity index (χ3n) is 4.35. The molecule has 2 aromatic rings. The zero-order chi connectivity index (χ0) is 17.1. The van der Waals surface area contributed by atoms with Crippen molar-refractivity contribution in [2.24, 2.45) is 0 Å². The Morgan fingerprint density at radius 3 is 2.48 bits per heavy atom. The van der Waals surface area contributed by atoms with Crippen LogP contribution in [0, 0.1) is 0 Å². The summed E-state index contributed by atoms with van der Waals surface area (Å²) < 4.78 is 23.7. The van der Waals surface area contributed by atoms with Crippen LogP contribution in [0.3, 0.4) is 0 Å². The minimum Gasteiger partial charge on any atom is -0.493 e. The van der Waals surface area contributed by atoms with Crippen LogP contribution in [0.5, 0.6) is 0 Å². The molecule has 1 fully saturated rings. The van der Waals surface area contributed by atoms with Gasteiger partial charge in [0.2, 0.25) is 0 Å². The molecule has 25 heavy (non-hydrogen) atoms. The van der Waals surface area contributed by atoms with Crippen molar-refractivity contribution in [3.63, 3.8) is 0 Å². The molecule has 4 nitrogen and oxygen atoms in total. The van der Waals surface area contributed by atoms with E-state index in [4.69, 9.17) is 18.9 Å². The summed E-state index contributed by atoms with van der Waals surface area (Å²) in [4.78, 5) is 0. The maximum absolute atomic E-state index is 6.16. The van der Waals surface area contributed by atoms with Crippen molar-refractivity contribution in [3.05, 3.63) is 90.7 Å². The number of hydrogen-bond acceptors (Lipinski definition) is 4. The molecule has 4 heteroatoms. The third kappa shape index (κ3) is 3.45. The van der Waals surface area contributed by atoms with E-state index < -0.39 is 6.29 Å². The molecule has 1 saturated heterocycles. The van der Waals surface area contributed by atoms with Crippen LogP contribution in [0.1, 0.15) is 17.4 Å². The van der Waals surface area contributed by atoms with Crippen molar-refractivity contribution >= 4 is 5.76 Å². The van der Waals surface area contributed by atoms with Crippen LogP contribution >= 0.6 is 0 Å². The molecule has 128 valence electrons. The molecule has 1 unspecified atom stereocenters. The van der Waals surface area contributed by atoms with Gasteiger partial charge in [-0.25, -0.2) is 0 Å². The molecule has 4 rings (SSSR count). The fourth-order valence-corrected chi connectivity index (χ4v) is 3.03. The summed E-state index contributed by atoms with van der Waals surface area (Å²) in [5.74, 6) is 0.613. The molecule has 0 aliphatic carbocycles. The molecule has 0 amide bonds. The average Bonchev–Trinajstić information content (AvgIpc) is 2.69. The molecule has 0 saturated carbocycles. The Labute approximate surface area is 147 Å². The summed E-state index contributed by atoms with van der Waals surface area (Å²) in [5.41, 5.74) is 1.93. The van der Waals surface area contributed by atoms with Crippen LogP contribution in [0.15, 0.2) is 79.6 Å². The lowest BCUT2D eigenvalue weighted by Crippen LogP contribution is -2.50. The first-order chi connectivity index (χ1) is 12.3. The summed E-state index contributed by atoms with van der Waals surface area (Å²) in [6, 6.07) is 19.7. The highest BCUT2D eigenvalue weighted by Crippen LogP contribution is 2.33. The first-order valence-corrected chi connectivity index (χ1v) is 8.36. The smallest absolute Gasteiger partial charge is 0.184 e. The maximum atomic E-state index is 6.16. The van der Waals surface area contributed by atoms with Crippen molar-refractivity contribution in [2.45, 2.75) is 24.6 Å². The van der Waals surface area contributed by atoms with E-state index in [0.29, 0.717) is 12.4 Å². The van der Waals surface area contributed by atoms with E-state index in [0.717, 1.165) is 11.1 Å². The van der Waals surface area contributed by atoms with E-state index in [-0.39, 0.29) is 18.3 Å². The van der Waals surface area contributed by atoms with Gasteiger partial charge in [0.05, 0.1) is 12.9 Å². The Morgan fingerprint density at radius 1 is 1.00 bits per heavy atom. The van der Waals surface area contributed by atoms with Gasteiger partial charge in [0, 0.05) is 11.1 Å². The molecule has 4 atom stereocenters. The summed E-state index contributed by atoms with van der Waals surface area (Å²) in [7, 11) is 0. The fraction of sp³-hybridized carbons (Fsp3) is 0.238. The van der Waals surface area contributed by atoms with Gasteiger partial charge in [-0.3, -0.25) is 0 Å². The Kier molecular flexibility index (Phi) is 4.55. The van der Waals surface area contributed by atoms with E-state index in [9.17, 15) is 0 Å². The molecule has 0 N–H and O–H groups in total. The second-order valence-corrected chi connectivity index (χ2v) is 6.05. The zero-order valence-corrected chi connectivity index (χ0v) is 13.8. The van der Waals surface area contributed by atoms with Gasteiger partial charge in [0.25, 0.3) is 0 Å². The predicted molar refractivity (Wildman–Crippen MR) is 94.4 cm³/mol. The van der Waals surface area contributed by atoms with Crippen molar-refractivity contribution in [2.75, 3.05) is 6.61 Å². The van der Waals surface area contributed by atoms with E-state index in [1.165, 1.54) is 0 Å². The Morgan fingerprint density at radius 2 is 1.72 bits per heavy atom. The summed E-state index contributed by atoms with van der Waals surface area (Å²) in [6.45, 7) is 4.50. The molecule has 2 aromatic carbocycles. The normalized spacial score (nSPS) is 27.8. The molecule has 0 radical (unpaired) electrons. The Balaban J connectivity index is 1.49. The van der Waals surface area contributed by atoms with E-state index in [1.54, 1.807) is 6.26 Å². The molecule has 2 heterocycles. The third-order valence-corrected chi connectivity index (χ3v) is 4.35. The second-order valence-electron chi connectivity index (χ2n) is 6.05. The van der Waals surface area contributed by atoms with E-state index >= 15 is 0 Å². The largest absolute Gasteiger partial charge is 0.493 e. The Hall–Kier alpha value is -2.56. The van der Waals surface area contributed by atoms with Crippen molar-refractivity contribution in [1.29, 1.82) is 0 Å². The monoisotopic (exact) mass is 336 g/mol. The van der Waals surface area contributed by atoms with Gasteiger partial charge in [-0.05, 0) is 6.08 Å². The van der Waals surface area contributed by atoms with Crippen LogP contribution in [0.25, 0.3) is 5.76 Å². The second kappa shape index (κ2) is 7.13. The van der Waals surface area contributed by atoms with Crippen molar-refractivity contribution in [3.8, 4) is 0 Å². The van der Waals surface area contributed by atoms with Gasteiger partial charge in [-0.1, -0.05) is 67.2 Å². The standard InChI is InChI=1S/C21H20O4/c1-15(16-8-4-2-5-9-16)24-18-12-13-22-19-14-23-21(25-20(18)19)17-10-6-3-7-11-17/h2-13,18-21H,1,14H2/t18-,19+,20-,21?/m0/s1. The minimum absolute atomic E-state index is 0.196. The number of rotatable bonds is 4. The quantitative estimate of drug-likeness (QED) is 0.789. The van der Waals surface area contributed by atoms with Gasteiger partial charge in [-0.15, -0.1) is 0 Å². The van der Waals surface area contributed by atoms with E-state index in [2.05, 4.69) is 6.58 Å². The van der Waals surface area contributed by atoms with Crippen molar-refractivity contribution in [1.82, 2.24) is 0 Å². The molecule has 0 bridgehead atoms. The molecular weight excluding hydrogens is 316 g/mol. The number of hydrogen-bond donors (Lipinski definition) is 0. The van der Waals surface area contributed by atoms with Gasteiger partial charge in [0.15, 0.2) is 12.4 Å². The summed E-state index contributed by atoms with van der Waals surface area (Å²) in [6.07, 6.45) is 2.36. The highest BCUT2D eigenvalue weighted by atomic mass is 16.7. The SMILES string of the molecule is C=C(O[C@H]1C=CO[C@@H]2COC(c3ccccc3)O[C@@H]12)c1ccccc1. The highest BCUT2D eigenvalue weighted by Gasteiger charge is 2.41.